The van der Waals surface area contributed by atoms with Crippen LogP contribution in [0.25, 0.3) is 0 Å². The van der Waals surface area contributed by atoms with E-state index in [2.05, 4.69) is 17.4 Å². The maximum Gasteiger partial charge on any atom is 0.243 e. The van der Waals surface area contributed by atoms with Crippen molar-refractivity contribution in [1.29, 1.82) is 0 Å². The summed E-state index contributed by atoms with van der Waals surface area (Å²) in [6.07, 6.45) is 7.54. The van der Waals surface area contributed by atoms with Crippen LogP contribution in [0.5, 0.6) is 0 Å². The number of likely N-dealkylation sites (tertiary alicyclic amines) is 1. The van der Waals surface area contributed by atoms with E-state index in [1.54, 1.807) is 4.90 Å². The number of nitrogens with zero attached hydrogens (tertiary/aromatic N) is 2. The summed E-state index contributed by atoms with van der Waals surface area (Å²) in [6.45, 7) is 2.58. The molecule has 2 amide bonds. The third-order valence-corrected chi connectivity index (χ3v) is 4.16. The summed E-state index contributed by atoms with van der Waals surface area (Å²) in [7, 11) is 1.45. The number of nitrogens with one attached hydrogen (secondary N) is 1. The van der Waals surface area contributed by atoms with Gasteiger partial charge in [-0.05, 0) is 6.42 Å². The summed E-state index contributed by atoms with van der Waals surface area (Å²) in [4.78, 5) is 31.0. The fourth-order valence-corrected chi connectivity index (χ4v) is 2.89. The first-order valence-corrected chi connectivity index (χ1v) is 8.91. The summed E-state index contributed by atoms with van der Waals surface area (Å²) in [5, 5.41) is 15.4. The molecule has 0 radical (unpaired) electrons. The van der Waals surface area contributed by atoms with Gasteiger partial charge in [-0.15, -0.1) is 0 Å². The van der Waals surface area contributed by atoms with Gasteiger partial charge in [0.25, 0.3) is 0 Å². The van der Waals surface area contributed by atoms with Gasteiger partial charge in [-0.2, -0.15) is 0 Å². The molecule has 1 rings (SSSR count). The summed E-state index contributed by atoms with van der Waals surface area (Å²) in [5.74, 6) is -0.266. The predicted molar refractivity (Wildman–Crippen MR) is 92.7 cm³/mol. The van der Waals surface area contributed by atoms with Gasteiger partial charge in [0.1, 0.15) is 13.2 Å². The van der Waals surface area contributed by atoms with Gasteiger partial charge < -0.3 is 20.2 Å². The lowest BCUT2D eigenvalue weighted by Crippen LogP contribution is -2.46. The van der Waals surface area contributed by atoms with Gasteiger partial charge in [0.2, 0.25) is 11.8 Å². The maximum atomic E-state index is 12.5. The van der Waals surface area contributed by atoms with Crippen molar-refractivity contribution in [2.75, 3.05) is 26.8 Å². The number of oxime groups is 1. The highest BCUT2D eigenvalue weighted by Crippen LogP contribution is 2.19. The zero-order valence-corrected chi connectivity index (χ0v) is 14.9. The number of rotatable bonds is 11. The minimum atomic E-state index is -0.557. The van der Waals surface area contributed by atoms with Crippen LogP contribution in [-0.4, -0.2) is 60.4 Å². The van der Waals surface area contributed by atoms with Gasteiger partial charge in [-0.3, -0.25) is 9.59 Å². The van der Waals surface area contributed by atoms with E-state index in [4.69, 9.17) is 9.94 Å². The molecule has 7 heteroatoms. The first-order valence-electron chi connectivity index (χ1n) is 8.91. The quantitative estimate of drug-likeness (QED) is 0.439. The number of amides is 2. The average molecular weight is 341 g/mol. The Balaban J connectivity index is 2.51. The first-order chi connectivity index (χ1) is 11.6. The van der Waals surface area contributed by atoms with E-state index in [9.17, 15) is 9.59 Å². The molecule has 0 spiro atoms. The number of hydrogen-bond donors (Lipinski definition) is 2. The minimum Gasteiger partial charge on any atom is -0.399 e. The summed E-state index contributed by atoms with van der Waals surface area (Å²) >= 11 is 0. The van der Waals surface area contributed by atoms with Gasteiger partial charge in [0, 0.05) is 19.4 Å². The third-order valence-electron chi connectivity index (χ3n) is 4.16. The maximum absolute atomic E-state index is 12.5. The number of aliphatic hydroxyl groups excluding tert-OH is 1. The molecule has 0 saturated carbocycles. The SMILES string of the molecule is CCCCCCCCC(=O)N1C/C(=N\OC)C[C@H]1C(=O)NCCO. The Labute approximate surface area is 144 Å². The van der Waals surface area contributed by atoms with Gasteiger partial charge in [0.15, 0.2) is 0 Å². The highest BCUT2D eigenvalue weighted by molar-refractivity contribution is 6.00. The molecule has 1 atom stereocenters. The topological polar surface area (TPSA) is 91.2 Å². The van der Waals surface area contributed by atoms with Crippen molar-refractivity contribution in [2.24, 2.45) is 5.16 Å². The smallest absolute Gasteiger partial charge is 0.243 e. The van der Waals surface area contributed by atoms with Crippen molar-refractivity contribution in [3.63, 3.8) is 0 Å². The predicted octanol–water partition coefficient (Wildman–Crippen LogP) is 1.45. The van der Waals surface area contributed by atoms with Crippen LogP contribution in [0.1, 0.15) is 58.3 Å². The van der Waals surface area contributed by atoms with Crippen molar-refractivity contribution >= 4 is 17.5 Å². The largest absolute Gasteiger partial charge is 0.399 e. The van der Waals surface area contributed by atoms with Crippen molar-refractivity contribution < 1.29 is 19.5 Å². The van der Waals surface area contributed by atoms with Crippen LogP contribution in [0.3, 0.4) is 0 Å². The molecule has 0 aliphatic carbocycles. The van der Waals surface area contributed by atoms with Crippen LogP contribution in [-0.2, 0) is 14.4 Å². The molecule has 0 aromatic carbocycles. The molecule has 1 fully saturated rings. The lowest BCUT2D eigenvalue weighted by atomic mass is 10.1. The number of carbonyl (C=O) groups excluding carboxylic acids is 2. The standard InChI is InChI=1S/C17H31N3O4/c1-3-4-5-6-7-8-9-16(22)20-13-14(19-24-2)12-15(20)17(23)18-10-11-21/h15,21H,3-13H2,1-2H3,(H,18,23)/b19-14-/t15-/m0/s1. The number of unbranched alkanes of at least 4 members (excludes halogenated alkanes) is 5. The van der Waals surface area contributed by atoms with Crippen LogP contribution < -0.4 is 5.32 Å². The molecular weight excluding hydrogens is 310 g/mol. The Morgan fingerprint density at radius 1 is 1.29 bits per heavy atom. The molecule has 1 saturated heterocycles. The minimum absolute atomic E-state index is 0.0176. The molecule has 0 unspecified atom stereocenters. The van der Waals surface area contributed by atoms with Gasteiger partial charge in [0.05, 0.1) is 18.9 Å². The molecule has 138 valence electrons. The van der Waals surface area contributed by atoms with Crippen molar-refractivity contribution in [1.82, 2.24) is 10.2 Å². The molecule has 1 aliphatic rings. The third kappa shape index (κ3) is 6.86. The Hall–Kier alpha value is -1.63. The highest BCUT2D eigenvalue weighted by Gasteiger charge is 2.37. The molecule has 24 heavy (non-hydrogen) atoms. The van der Waals surface area contributed by atoms with Gasteiger partial charge in [-0.25, -0.2) is 0 Å². The molecule has 7 nitrogen and oxygen atoms in total. The molecule has 0 aromatic heterocycles. The van der Waals surface area contributed by atoms with Crippen LogP contribution in [0, 0.1) is 0 Å². The van der Waals surface area contributed by atoms with Crippen LogP contribution in [0.15, 0.2) is 5.16 Å². The zero-order chi connectivity index (χ0) is 17.8. The molecule has 1 aliphatic heterocycles. The Morgan fingerprint density at radius 3 is 2.67 bits per heavy atom. The molecule has 2 N–H and O–H groups in total. The highest BCUT2D eigenvalue weighted by atomic mass is 16.6. The second-order valence-corrected chi connectivity index (χ2v) is 6.11. The fourth-order valence-electron chi connectivity index (χ4n) is 2.89. The molecule has 0 bridgehead atoms. The number of aliphatic hydroxyl groups is 1. The van der Waals surface area contributed by atoms with Crippen molar-refractivity contribution in [3.05, 3.63) is 0 Å². The fraction of sp³-hybridized carbons (Fsp3) is 0.824. The van der Waals surface area contributed by atoms with Crippen LogP contribution in [0.4, 0.5) is 0 Å². The van der Waals surface area contributed by atoms with Gasteiger partial charge in [-0.1, -0.05) is 44.2 Å². The first kappa shape index (κ1) is 20.4. The van der Waals surface area contributed by atoms with Crippen molar-refractivity contribution in [3.8, 4) is 0 Å². The van der Waals surface area contributed by atoms with Crippen LogP contribution in [0.2, 0.25) is 0 Å². The Kier molecular flexibility index (Phi) is 10.1. The van der Waals surface area contributed by atoms with E-state index in [1.807, 2.05) is 0 Å². The molecule has 0 aromatic rings. The van der Waals surface area contributed by atoms with E-state index in [0.29, 0.717) is 25.1 Å². The number of hydrogen-bond acceptors (Lipinski definition) is 5. The van der Waals surface area contributed by atoms with Gasteiger partial charge >= 0.3 is 0 Å². The summed E-state index contributed by atoms with van der Waals surface area (Å²) < 4.78 is 0. The summed E-state index contributed by atoms with van der Waals surface area (Å²) in [6, 6.07) is -0.557. The Morgan fingerprint density at radius 2 is 2.00 bits per heavy atom. The van der Waals surface area contributed by atoms with E-state index in [1.165, 1.54) is 26.4 Å². The van der Waals surface area contributed by atoms with E-state index < -0.39 is 6.04 Å². The second-order valence-electron chi connectivity index (χ2n) is 6.11. The van der Waals surface area contributed by atoms with E-state index in [0.717, 1.165) is 19.3 Å². The number of carbonyl (C=O) groups is 2. The second kappa shape index (κ2) is 11.8. The Bertz CT molecular complexity index is 426. The zero-order valence-electron chi connectivity index (χ0n) is 14.9. The lowest BCUT2D eigenvalue weighted by molar-refractivity contribution is -0.138. The monoisotopic (exact) mass is 341 g/mol. The normalized spacial score (nSPS) is 18.9. The van der Waals surface area contributed by atoms with E-state index in [-0.39, 0.29) is 25.0 Å². The average Bonchev–Trinajstić information content (AvgIpc) is 3.00. The van der Waals surface area contributed by atoms with E-state index >= 15 is 0 Å². The molecular formula is C17H31N3O4. The van der Waals surface area contributed by atoms with Crippen molar-refractivity contribution in [2.45, 2.75) is 64.3 Å². The lowest BCUT2D eigenvalue weighted by Gasteiger charge is -2.23. The molecule has 1 heterocycles. The summed E-state index contributed by atoms with van der Waals surface area (Å²) in [5.41, 5.74) is 0.693. The van der Waals surface area contributed by atoms with Crippen LogP contribution >= 0.6 is 0 Å².